The molecule has 1 unspecified atom stereocenters. The molecule has 1 rings (SSSR count). The largest absolute Gasteiger partial charge is 0.381 e. The van der Waals surface area contributed by atoms with Gasteiger partial charge >= 0.3 is 0 Å². The van der Waals surface area contributed by atoms with Crippen molar-refractivity contribution in [3.05, 3.63) is 0 Å². The Morgan fingerprint density at radius 3 is 2.75 bits per heavy atom. The third-order valence-corrected chi connectivity index (χ3v) is 3.46. The van der Waals surface area contributed by atoms with Gasteiger partial charge in [0, 0.05) is 16.4 Å². The van der Waals surface area contributed by atoms with E-state index in [-0.39, 0.29) is 0 Å². The molecule has 48 valence electrons. The standard InChI is InChI=1S/C6H11IO/c1-6(4-7)2-3-8-5-6/h2-5H2,1H3. The second kappa shape index (κ2) is 2.52. The van der Waals surface area contributed by atoms with E-state index in [1.165, 1.54) is 10.8 Å². The van der Waals surface area contributed by atoms with Crippen LogP contribution in [-0.4, -0.2) is 17.6 Å². The SMILES string of the molecule is CC1(CI)CCOC1. The lowest BCUT2D eigenvalue weighted by atomic mass is 9.93. The minimum atomic E-state index is 0.501. The molecule has 0 N–H and O–H groups in total. The Morgan fingerprint density at radius 1 is 1.75 bits per heavy atom. The fraction of sp³-hybridized carbons (Fsp3) is 1.00. The second-order valence-electron chi connectivity index (χ2n) is 2.75. The normalized spacial score (nSPS) is 38.2. The van der Waals surface area contributed by atoms with E-state index in [4.69, 9.17) is 4.74 Å². The maximum Gasteiger partial charge on any atom is 0.0527 e. The highest BCUT2D eigenvalue weighted by Crippen LogP contribution is 2.29. The molecule has 0 bridgehead atoms. The molecule has 0 spiro atoms. The summed E-state index contributed by atoms with van der Waals surface area (Å²) in [4.78, 5) is 0. The predicted molar refractivity (Wildman–Crippen MR) is 42.4 cm³/mol. The van der Waals surface area contributed by atoms with E-state index in [9.17, 15) is 0 Å². The number of alkyl halides is 1. The topological polar surface area (TPSA) is 9.23 Å². The van der Waals surface area contributed by atoms with Crippen molar-refractivity contribution in [2.24, 2.45) is 5.41 Å². The lowest BCUT2D eigenvalue weighted by Gasteiger charge is -2.16. The highest BCUT2D eigenvalue weighted by Gasteiger charge is 2.27. The van der Waals surface area contributed by atoms with E-state index in [2.05, 4.69) is 29.5 Å². The molecule has 1 fully saturated rings. The van der Waals surface area contributed by atoms with Crippen molar-refractivity contribution in [2.75, 3.05) is 17.6 Å². The molecule has 0 saturated carbocycles. The Morgan fingerprint density at radius 2 is 2.50 bits per heavy atom. The molecule has 0 aromatic carbocycles. The fourth-order valence-corrected chi connectivity index (χ4v) is 1.42. The summed E-state index contributed by atoms with van der Waals surface area (Å²) in [7, 11) is 0. The van der Waals surface area contributed by atoms with Crippen LogP contribution < -0.4 is 0 Å². The van der Waals surface area contributed by atoms with E-state index in [0.717, 1.165) is 13.2 Å². The van der Waals surface area contributed by atoms with Crippen LogP contribution in [0.2, 0.25) is 0 Å². The molecule has 8 heavy (non-hydrogen) atoms. The average molecular weight is 226 g/mol. The van der Waals surface area contributed by atoms with Gasteiger partial charge in [-0.1, -0.05) is 29.5 Å². The summed E-state index contributed by atoms with van der Waals surface area (Å²) in [6.45, 7) is 4.22. The highest BCUT2D eigenvalue weighted by molar-refractivity contribution is 14.1. The Hall–Kier alpha value is 0.690. The Kier molecular flexibility index (Phi) is 2.14. The van der Waals surface area contributed by atoms with Gasteiger partial charge in [0.1, 0.15) is 0 Å². The first-order valence-corrected chi connectivity index (χ1v) is 4.43. The van der Waals surface area contributed by atoms with Gasteiger partial charge in [-0.2, -0.15) is 0 Å². The van der Waals surface area contributed by atoms with Crippen molar-refractivity contribution < 1.29 is 4.74 Å². The molecule has 1 aliphatic heterocycles. The molecular weight excluding hydrogens is 215 g/mol. The van der Waals surface area contributed by atoms with Gasteiger partial charge in [0.25, 0.3) is 0 Å². The van der Waals surface area contributed by atoms with Crippen LogP contribution in [0.1, 0.15) is 13.3 Å². The summed E-state index contributed by atoms with van der Waals surface area (Å²) in [5.41, 5.74) is 0.501. The molecule has 1 nitrogen and oxygen atoms in total. The molecule has 0 aromatic heterocycles. The first-order chi connectivity index (χ1) is 3.77. The number of hydrogen-bond acceptors (Lipinski definition) is 1. The minimum Gasteiger partial charge on any atom is -0.381 e. The highest BCUT2D eigenvalue weighted by atomic mass is 127. The first-order valence-electron chi connectivity index (χ1n) is 2.91. The van der Waals surface area contributed by atoms with Gasteiger partial charge in [-0.25, -0.2) is 0 Å². The number of rotatable bonds is 1. The summed E-state index contributed by atoms with van der Waals surface area (Å²) >= 11 is 2.43. The van der Waals surface area contributed by atoms with Crippen LogP contribution >= 0.6 is 22.6 Å². The lowest BCUT2D eigenvalue weighted by molar-refractivity contribution is 0.169. The average Bonchev–Trinajstić information content (AvgIpc) is 2.17. The van der Waals surface area contributed by atoms with E-state index in [1.807, 2.05) is 0 Å². The number of hydrogen-bond donors (Lipinski definition) is 0. The van der Waals surface area contributed by atoms with Crippen LogP contribution in [0.25, 0.3) is 0 Å². The van der Waals surface area contributed by atoms with Crippen molar-refractivity contribution in [1.82, 2.24) is 0 Å². The van der Waals surface area contributed by atoms with Crippen LogP contribution in [0.15, 0.2) is 0 Å². The van der Waals surface area contributed by atoms with Crippen molar-refractivity contribution in [3.8, 4) is 0 Å². The summed E-state index contributed by atoms with van der Waals surface area (Å²) in [5, 5.41) is 0. The van der Waals surface area contributed by atoms with Gasteiger partial charge in [-0.15, -0.1) is 0 Å². The van der Waals surface area contributed by atoms with Gasteiger partial charge < -0.3 is 4.74 Å². The van der Waals surface area contributed by atoms with Crippen molar-refractivity contribution in [2.45, 2.75) is 13.3 Å². The summed E-state index contributed by atoms with van der Waals surface area (Å²) < 4.78 is 6.47. The summed E-state index contributed by atoms with van der Waals surface area (Å²) in [6.07, 6.45) is 1.25. The van der Waals surface area contributed by atoms with Gasteiger partial charge in [-0.05, 0) is 6.42 Å². The zero-order valence-corrected chi connectivity index (χ0v) is 7.27. The monoisotopic (exact) mass is 226 g/mol. The van der Waals surface area contributed by atoms with E-state index >= 15 is 0 Å². The summed E-state index contributed by atoms with van der Waals surface area (Å²) in [6, 6.07) is 0. The van der Waals surface area contributed by atoms with Crippen molar-refractivity contribution in [3.63, 3.8) is 0 Å². The lowest BCUT2D eigenvalue weighted by Crippen LogP contribution is -2.16. The van der Waals surface area contributed by atoms with Gasteiger partial charge in [-0.3, -0.25) is 0 Å². The quantitative estimate of drug-likeness (QED) is 0.489. The molecule has 1 aliphatic rings. The third-order valence-electron chi connectivity index (χ3n) is 1.62. The van der Waals surface area contributed by atoms with Crippen LogP contribution in [0, 0.1) is 5.41 Å². The van der Waals surface area contributed by atoms with E-state index in [1.54, 1.807) is 0 Å². The zero-order valence-electron chi connectivity index (χ0n) is 5.11. The number of halogens is 1. The molecule has 0 aromatic rings. The molecule has 1 heterocycles. The Balaban J connectivity index is 2.40. The van der Waals surface area contributed by atoms with Gasteiger partial charge in [0.15, 0.2) is 0 Å². The molecule has 1 atom stereocenters. The molecule has 1 saturated heterocycles. The van der Waals surface area contributed by atoms with Crippen LogP contribution in [0.5, 0.6) is 0 Å². The smallest absolute Gasteiger partial charge is 0.0527 e. The fourth-order valence-electron chi connectivity index (χ4n) is 0.815. The van der Waals surface area contributed by atoms with Crippen molar-refractivity contribution >= 4 is 22.6 Å². The minimum absolute atomic E-state index is 0.501. The molecule has 0 radical (unpaired) electrons. The van der Waals surface area contributed by atoms with Crippen LogP contribution in [0.4, 0.5) is 0 Å². The number of ether oxygens (including phenoxy) is 1. The molecular formula is C6H11IO. The molecule has 0 amide bonds. The van der Waals surface area contributed by atoms with E-state index in [0.29, 0.717) is 5.41 Å². The van der Waals surface area contributed by atoms with Gasteiger partial charge in [0.05, 0.1) is 6.61 Å². The maximum atomic E-state index is 5.25. The second-order valence-corrected chi connectivity index (χ2v) is 3.51. The van der Waals surface area contributed by atoms with E-state index < -0.39 is 0 Å². The molecule has 2 heteroatoms. The summed E-state index contributed by atoms with van der Waals surface area (Å²) in [5.74, 6) is 0. The third kappa shape index (κ3) is 1.35. The Labute approximate surface area is 63.9 Å². The van der Waals surface area contributed by atoms with Crippen LogP contribution in [0.3, 0.4) is 0 Å². The first kappa shape index (κ1) is 6.81. The van der Waals surface area contributed by atoms with Crippen molar-refractivity contribution in [1.29, 1.82) is 0 Å². The Bertz CT molecular complexity index is 76.6. The maximum absolute atomic E-state index is 5.25. The molecule has 0 aliphatic carbocycles. The van der Waals surface area contributed by atoms with Crippen LogP contribution in [-0.2, 0) is 4.74 Å². The zero-order chi connectivity index (χ0) is 6.04. The predicted octanol–water partition coefficient (Wildman–Crippen LogP) is 1.85. The van der Waals surface area contributed by atoms with Gasteiger partial charge in [0.2, 0.25) is 0 Å².